The van der Waals surface area contributed by atoms with Gasteiger partial charge in [0, 0.05) is 0 Å². The summed E-state index contributed by atoms with van der Waals surface area (Å²) in [5.41, 5.74) is -1.24. The zero-order valence-corrected chi connectivity index (χ0v) is 11.9. The van der Waals surface area contributed by atoms with E-state index in [0.717, 1.165) is 25.3 Å². The quantitative estimate of drug-likeness (QED) is 0.774. The van der Waals surface area contributed by atoms with Gasteiger partial charge in [0.05, 0.1) is 0 Å². The van der Waals surface area contributed by atoms with E-state index in [1.807, 2.05) is 6.92 Å². The maximum atomic E-state index is 13.6. The second-order valence-corrected chi connectivity index (χ2v) is 5.32. The molecule has 4 nitrogen and oxygen atoms in total. The first-order valence-corrected chi connectivity index (χ1v) is 7.06. The molecule has 1 atom stereocenters. The van der Waals surface area contributed by atoms with Gasteiger partial charge >= 0.3 is 5.97 Å². The first-order chi connectivity index (χ1) is 10.0. The van der Waals surface area contributed by atoms with Crippen molar-refractivity contribution in [1.82, 2.24) is 5.32 Å². The number of carbonyl (C=O) groups is 1. The molecule has 1 aliphatic rings. The smallest absolute Gasteiger partial charge is 0.327 e. The Morgan fingerprint density at radius 2 is 2.19 bits per heavy atom. The number of aliphatic carboxylic acids is 1. The van der Waals surface area contributed by atoms with E-state index >= 15 is 0 Å². The van der Waals surface area contributed by atoms with Gasteiger partial charge in [0.25, 0.3) is 0 Å². The van der Waals surface area contributed by atoms with Crippen molar-refractivity contribution in [3.05, 3.63) is 29.8 Å². The Kier molecular flexibility index (Phi) is 4.77. The zero-order chi connectivity index (χ0) is 15.5. The molecule has 1 fully saturated rings. The van der Waals surface area contributed by atoms with Crippen LogP contribution in [0.25, 0.3) is 0 Å². The van der Waals surface area contributed by atoms with Gasteiger partial charge in [-0.3, -0.25) is 10.1 Å². The summed E-state index contributed by atoms with van der Waals surface area (Å²) in [5.74, 6) is -3.43. The van der Waals surface area contributed by atoms with Gasteiger partial charge in [-0.2, -0.15) is 4.39 Å². The fourth-order valence-corrected chi connectivity index (χ4v) is 2.34. The van der Waals surface area contributed by atoms with Gasteiger partial charge in [-0.15, -0.1) is 0 Å². The molecule has 1 aliphatic carbocycles. The second-order valence-electron chi connectivity index (χ2n) is 5.32. The number of hydrogen-bond acceptors (Lipinski definition) is 3. The summed E-state index contributed by atoms with van der Waals surface area (Å²) < 4.78 is 32.0. The molecule has 0 aliphatic heterocycles. The van der Waals surface area contributed by atoms with Crippen molar-refractivity contribution >= 4 is 5.97 Å². The monoisotopic (exact) mass is 299 g/mol. The predicted molar refractivity (Wildman–Crippen MR) is 73.2 cm³/mol. The van der Waals surface area contributed by atoms with E-state index in [4.69, 9.17) is 4.74 Å². The molecule has 2 rings (SSSR count). The van der Waals surface area contributed by atoms with Crippen molar-refractivity contribution in [2.75, 3.05) is 13.2 Å². The van der Waals surface area contributed by atoms with Gasteiger partial charge in [0.2, 0.25) is 5.82 Å². The number of ether oxygens (including phenoxy) is 1. The lowest BCUT2D eigenvalue weighted by Crippen LogP contribution is -2.58. The number of hydrogen-bond donors (Lipinski definition) is 2. The molecule has 0 heterocycles. The highest BCUT2D eigenvalue weighted by atomic mass is 19.2. The number of nitrogens with one attached hydrogen (secondary N) is 1. The maximum Gasteiger partial charge on any atom is 0.327 e. The van der Waals surface area contributed by atoms with Crippen LogP contribution in [0.15, 0.2) is 18.2 Å². The minimum Gasteiger partial charge on any atom is -0.488 e. The number of carboxylic acids is 1. The standard InChI is InChI=1S/C15H19F2NO3/c1-2-8-18-15(14(19)20,10-6-7-10)9-21-12-5-3-4-11(16)13(12)17/h3-5,10,18H,2,6-9H2,1H3,(H,19,20). The van der Waals surface area contributed by atoms with Crippen LogP contribution in [0.1, 0.15) is 26.2 Å². The second kappa shape index (κ2) is 6.39. The zero-order valence-electron chi connectivity index (χ0n) is 11.9. The van der Waals surface area contributed by atoms with Crippen LogP contribution < -0.4 is 10.1 Å². The van der Waals surface area contributed by atoms with Crippen LogP contribution in [0.3, 0.4) is 0 Å². The minimum atomic E-state index is -1.24. The third-order valence-corrected chi connectivity index (χ3v) is 3.72. The predicted octanol–water partition coefficient (Wildman–Crippen LogP) is 2.58. The SMILES string of the molecule is CCCNC(COc1cccc(F)c1F)(C(=O)O)C1CC1. The Labute approximate surface area is 122 Å². The highest BCUT2D eigenvalue weighted by molar-refractivity contribution is 5.80. The molecule has 2 N–H and O–H groups in total. The molecule has 0 saturated heterocycles. The molecule has 116 valence electrons. The van der Waals surface area contributed by atoms with Gasteiger partial charge in [-0.05, 0) is 43.9 Å². The average molecular weight is 299 g/mol. The fraction of sp³-hybridized carbons (Fsp3) is 0.533. The third-order valence-electron chi connectivity index (χ3n) is 3.72. The molecule has 1 aromatic rings. The molecule has 0 bridgehead atoms. The molecule has 1 aromatic carbocycles. The Morgan fingerprint density at radius 1 is 1.48 bits per heavy atom. The lowest BCUT2D eigenvalue weighted by Gasteiger charge is -2.30. The molecule has 0 spiro atoms. The van der Waals surface area contributed by atoms with Crippen LogP contribution in [0.5, 0.6) is 5.75 Å². The van der Waals surface area contributed by atoms with Crippen molar-refractivity contribution in [1.29, 1.82) is 0 Å². The van der Waals surface area contributed by atoms with E-state index in [1.54, 1.807) is 0 Å². The van der Waals surface area contributed by atoms with Crippen molar-refractivity contribution in [2.24, 2.45) is 5.92 Å². The summed E-state index contributed by atoms with van der Waals surface area (Å²) in [6, 6.07) is 3.60. The number of rotatable bonds is 8. The summed E-state index contributed by atoms with van der Waals surface area (Å²) in [7, 11) is 0. The maximum absolute atomic E-state index is 13.6. The van der Waals surface area contributed by atoms with Gasteiger partial charge in [-0.1, -0.05) is 13.0 Å². The summed E-state index contributed by atoms with van der Waals surface area (Å²) in [6.07, 6.45) is 2.35. The summed E-state index contributed by atoms with van der Waals surface area (Å²) in [4.78, 5) is 11.7. The van der Waals surface area contributed by atoms with E-state index < -0.39 is 23.1 Å². The molecule has 6 heteroatoms. The van der Waals surface area contributed by atoms with Crippen molar-refractivity contribution in [2.45, 2.75) is 31.7 Å². The van der Waals surface area contributed by atoms with Gasteiger partial charge in [0.15, 0.2) is 17.1 Å². The molecule has 21 heavy (non-hydrogen) atoms. The molecule has 0 amide bonds. The van der Waals surface area contributed by atoms with Gasteiger partial charge < -0.3 is 9.84 Å². The van der Waals surface area contributed by atoms with Crippen molar-refractivity contribution in [3.8, 4) is 5.75 Å². The Balaban J connectivity index is 2.15. The van der Waals surface area contributed by atoms with E-state index in [0.29, 0.717) is 6.54 Å². The highest BCUT2D eigenvalue weighted by Gasteiger charge is 2.51. The van der Waals surface area contributed by atoms with E-state index in [9.17, 15) is 18.7 Å². The minimum absolute atomic E-state index is 0.0434. The molecule has 1 unspecified atom stereocenters. The number of benzene rings is 1. The van der Waals surface area contributed by atoms with Crippen LogP contribution >= 0.6 is 0 Å². The first kappa shape index (κ1) is 15.7. The molecule has 0 aromatic heterocycles. The van der Waals surface area contributed by atoms with E-state index in [-0.39, 0.29) is 18.3 Å². The van der Waals surface area contributed by atoms with Crippen LogP contribution in [0.4, 0.5) is 8.78 Å². The molecule has 1 saturated carbocycles. The van der Waals surface area contributed by atoms with Gasteiger partial charge in [-0.25, -0.2) is 4.39 Å². The fourth-order valence-electron chi connectivity index (χ4n) is 2.34. The topological polar surface area (TPSA) is 58.6 Å². The van der Waals surface area contributed by atoms with Crippen LogP contribution in [-0.2, 0) is 4.79 Å². The highest BCUT2D eigenvalue weighted by Crippen LogP contribution is 2.40. The largest absolute Gasteiger partial charge is 0.488 e. The first-order valence-electron chi connectivity index (χ1n) is 7.06. The van der Waals surface area contributed by atoms with Crippen molar-refractivity contribution in [3.63, 3.8) is 0 Å². The van der Waals surface area contributed by atoms with E-state index in [1.165, 1.54) is 12.1 Å². The summed E-state index contributed by atoms with van der Waals surface area (Å²) >= 11 is 0. The average Bonchev–Trinajstić information content (AvgIpc) is 3.28. The summed E-state index contributed by atoms with van der Waals surface area (Å²) in [6.45, 7) is 2.23. The molecular weight excluding hydrogens is 280 g/mol. The summed E-state index contributed by atoms with van der Waals surface area (Å²) in [5, 5.41) is 12.6. The molecule has 0 radical (unpaired) electrons. The third kappa shape index (κ3) is 3.32. The number of halogens is 2. The normalized spacial score (nSPS) is 17.3. The molecular formula is C15H19F2NO3. The number of carboxylic acid groups (broad SMARTS) is 1. The van der Waals surface area contributed by atoms with Crippen molar-refractivity contribution < 1.29 is 23.4 Å². The lowest BCUT2D eigenvalue weighted by molar-refractivity contribution is -0.147. The van der Waals surface area contributed by atoms with Crippen LogP contribution in [0.2, 0.25) is 0 Å². The van der Waals surface area contributed by atoms with Crippen LogP contribution in [-0.4, -0.2) is 29.8 Å². The Bertz CT molecular complexity index is 520. The lowest BCUT2D eigenvalue weighted by atomic mass is 9.94. The van der Waals surface area contributed by atoms with Crippen LogP contribution in [0, 0.1) is 17.6 Å². The Morgan fingerprint density at radius 3 is 2.76 bits per heavy atom. The van der Waals surface area contributed by atoms with Gasteiger partial charge in [0.1, 0.15) is 6.61 Å². The van der Waals surface area contributed by atoms with E-state index in [2.05, 4.69) is 5.32 Å². The Hall–Kier alpha value is -1.69.